The van der Waals surface area contributed by atoms with Crippen LogP contribution in [0.4, 0.5) is 0 Å². The summed E-state index contributed by atoms with van der Waals surface area (Å²) in [5, 5.41) is 0. The average molecular weight is 324 g/mol. The molecule has 1 aromatic rings. The van der Waals surface area contributed by atoms with Gasteiger partial charge in [-0.2, -0.15) is 8.42 Å². The second-order valence-electron chi connectivity index (χ2n) is 5.18. The van der Waals surface area contributed by atoms with Crippen LogP contribution in [-0.2, 0) is 14.8 Å². The minimum Gasteiger partial charge on any atom is -0.465 e. The largest absolute Gasteiger partial charge is 0.465 e. The molecule has 1 aliphatic heterocycles. The number of likely N-dealkylation sites (tertiary alicyclic amines) is 1. The van der Waals surface area contributed by atoms with Gasteiger partial charge in [-0.05, 0) is 50.5 Å². The third-order valence-electron chi connectivity index (χ3n) is 3.64. The van der Waals surface area contributed by atoms with Crippen LogP contribution in [0.25, 0.3) is 0 Å². The van der Waals surface area contributed by atoms with Gasteiger partial charge in [0.2, 0.25) is 0 Å². The molecule has 0 radical (unpaired) electrons. The lowest BCUT2D eigenvalue weighted by Crippen LogP contribution is -2.34. The molecule has 0 aliphatic carbocycles. The first-order chi connectivity index (χ1) is 10.4. The highest BCUT2D eigenvalue weighted by Crippen LogP contribution is 2.16. The Kier molecular flexibility index (Phi) is 5.18. The first-order valence-electron chi connectivity index (χ1n) is 7.19. The molecular formula is C15H20N2O4S. The predicted octanol–water partition coefficient (Wildman–Crippen LogP) is 2.07. The minimum atomic E-state index is -3.76. The predicted molar refractivity (Wildman–Crippen MR) is 83.5 cm³/mol. The van der Waals surface area contributed by atoms with Crippen LogP contribution in [0, 0.1) is 0 Å². The fourth-order valence-corrected chi connectivity index (χ4v) is 3.43. The standard InChI is InChI=1S/C15H20N2O4S/c1-12(17-10-4-3-5-11-17)16-22(19,20)14-8-6-13(7-9-14)15(18)21-2/h6-9H,3-5,10-11H2,1-2H3/b16-12+. The molecule has 2 rings (SSSR count). The third kappa shape index (κ3) is 3.85. The van der Waals surface area contributed by atoms with Crippen LogP contribution in [0.1, 0.15) is 36.5 Å². The number of hydrogen-bond donors (Lipinski definition) is 0. The van der Waals surface area contributed by atoms with E-state index in [4.69, 9.17) is 0 Å². The highest BCUT2D eigenvalue weighted by atomic mass is 32.2. The Balaban J connectivity index is 2.20. The zero-order valence-corrected chi connectivity index (χ0v) is 13.6. The quantitative estimate of drug-likeness (QED) is 0.483. The summed E-state index contributed by atoms with van der Waals surface area (Å²) < 4.78 is 33.1. The molecule has 22 heavy (non-hydrogen) atoms. The topological polar surface area (TPSA) is 76.0 Å². The molecule has 0 spiro atoms. The maximum absolute atomic E-state index is 12.3. The number of amidine groups is 1. The first-order valence-corrected chi connectivity index (χ1v) is 8.63. The summed E-state index contributed by atoms with van der Waals surface area (Å²) >= 11 is 0. The van der Waals surface area contributed by atoms with E-state index < -0.39 is 16.0 Å². The van der Waals surface area contributed by atoms with Gasteiger partial charge in [-0.15, -0.1) is 4.40 Å². The van der Waals surface area contributed by atoms with Crippen LogP contribution in [-0.4, -0.2) is 45.3 Å². The Morgan fingerprint density at radius 3 is 2.27 bits per heavy atom. The lowest BCUT2D eigenvalue weighted by molar-refractivity contribution is 0.0600. The number of carbonyl (C=O) groups excluding carboxylic acids is 1. The van der Waals surface area contributed by atoms with Gasteiger partial charge in [-0.3, -0.25) is 0 Å². The second-order valence-corrected chi connectivity index (χ2v) is 6.78. The molecule has 0 bridgehead atoms. The van der Waals surface area contributed by atoms with E-state index in [-0.39, 0.29) is 4.90 Å². The van der Waals surface area contributed by atoms with Crippen LogP contribution < -0.4 is 0 Å². The van der Waals surface area contributed by atoms with E-state index in [1.165, 1.54) is 37.8 Å². The maximum Gasteiger partial charge on any atom is 0.337 e. The Morgan fingerprint density at radius 1 is 1.14 bits per heavy atom. The van der Waals surface area contributed by atoms with Crippen molar-refractivity contribution in [2.75, 3.05) is 20.2 Å². The van der Waals surface area contributed by atoms with Gasteiger partial charge >= 0.3 is 5.97 Å². The zero-order chi connectivity index (χ0) is 16.2. The lowest BCUT2D eigenvalue weighted by Gasteiger charge is -2.27. The summed E-state index contributed by atoms with van der Waals surface area (Å²) in [6, 6.07) is 5.58. The van der Waals surface area contributed by atoms with Gasteiger partial charge in [-0.25, -0.2) is 4.79 Å². The third-order valence-corrected chi connectivity index (χ3v) is 5.01. The number of esters is 1. The molecule has 0 aromatic heterocycles. The number of rotatable bonds is 3. The van der Waals surface area contributed by atoms with Crippen LogP contribution in [0.5, 0.6) is 0 Å². The number of benzene rings is 1. The second kappa shape index (κ2) is 6.91. The molecule has 120 valence electrons. The van der Waals surface area contributed by atoms with Crippen molar-refractivity contribution >= 4 is 21.8 Å². The van der Waals surface area contributed by atoms with E-state index in [9.17, 15) is 13.2 Å². The van der Waals surface area contributed by atoms with E-state index in [1.807, 2.05) is 4.90 Å². The summed E-state index contributed by atoms with van der Waals surface area (Å²) in [5.74, 6) is 0.00805. The minimum absolute atomic E-state index is 0.0662. The molecule has 0 N–H and O–H groups in total. The van der Waals surface area contributed by atoms with E-state index in [2.05, 4.69) is 9.13 Å². The molecule has 1 aliphatic rings. The molecule has 0 amide bonds. The van der Waals surface area contributed by atoms with Crippen molar-refractivity contribution in [2.24, 2.45) is 4.40 Å². The Labute approximate surface area is 130 Å². The van der Waals surface area contributed by atoms with Gasteiger partial charge in [0.1, 0.15) is 5.84 Å². The van der Waals surface area contributed by atoms with Crippen molar-refractivity contribution in [1.29, 1.82) is 0 Å². The highest BCUT2D eigenvalue weighted by Gasteiger charge is 2.18. The monoisotopic (exact) mass is 324 g/mol. The van der Waals surface area contributed by atoms with Gasteiger partial charge in [-0.1, -0.05) is 0 Å². The SMILES string of the molecule is COC(=O)c1ccc(S(=O)(=O)/N=C(\C)N2CCCCC2)cc1. The first kappa shape index (κ1) is 16.5. The number of piperidine rings is 1. The van der Waals surface area contributed by atoms with Gasteiger partial charge in [0.05, 0.1) is 17.6 Å². The Morgan fingerprint density at radius 2 is 1.73 bits per heavy atom. The Hall–Kier alpha value is -1.89. The van der Waals surface area contributed by atoms with Crippen LogP contribution in [0.3, 0.4) is 0 Å². The molecule has 0 atom stereocenters. The van der Waals surface area contributed by atoms with Crippen molar-refractivity contribution in [1.82, 2.24) is 4.90 Å². The molecule has 7 heteroatoms. The fourth-order valence-electron chi connectivity index (χ4n) is 2.38. The number of hydrogen-bond acceptors (Lipinski definition) is 4. The molecule has 6 nitrogen and oxygen atoms in total. The summed E-state index contributed by atoms with van der Waals surface area (Å²) in [6.45, 7) is 3.39. The zero-order valence-electron chi connectivity index (χ0n) is 12.8. The highest BCUT2D eigenvalue weighted by molar-refractivity contribution is 7.90. The van der Waals surface area contributed by atoms with E-state index in [0.717, 1.165) is 25.9 Å². The van der Waals surface area contributed by atoms with Crippen LogP contribution in [0.15, 0.2) is 33.6 Å². The molecule has 1 aromatic carbocycles. The van der Waals surface area contributed by atoms with Gasteiger partial charge in [0.25, 0.3) is 10.0 Å². The normalized spacial score (nSPS) is 16.5. The molecule has 1 fully saturated rings. The fraction of sp³-hybridized carbons (Fsp3) is 0.467. The number of carbonyl (C=O) groups is 1. The van der Waals surface area contributed by atoms with E-state index >= 15 is 0 Å². The van der Waals surface area contributed by atoms with E-state index in [0.29, 0.717) is 11.4 Å². The number of ether oxygens (including phenoxy) is 1. The van der Waals surface area contributed by atoms with Crippen LogP contribution >= 0.6 is 0 Å². The van der Waals surface area contributed by atoms with Crippen molar-refractivity contribution in [3.05, 3.63) is 29.8 Å². The van der Waals surface area contributed by atoms with Crippen molar-refractivity contribution in [2.45, 2.75) is 31.1 Å². The summed E-state index contributed by atoms with van der Waals surface area (Å²) in [5.41, 5.74) is 0.304. The number of methoxy groups -OCH3 is 1. The number of sulfonamides is 1. The Bertz CT molecular complexity index is 659. The average Bonchev–Trinajstić information content (AvgIpc) is 2.54. The van der Waals surface area contributed by atoms with Gasteiger partial charge in [0.15, 0.2) is 0 Å². The number of nitrogens with zero attached hydrogens (tertiary/aromatic N) is 2. The summed E-state index contributed by atoms with van der Waals surface area (Å²) in [6.07, 6.45) is 3.28. The van der Waals surface area contributed by atoms with Crippen molar-refractivity contribution in [3.63, 3.8) is 0 Å². The van der Waals surface area contributed by atoms with Crippen LogP contribution in [0.2, 0.25) is 0 Å². The summed E-state index contributed by atoms with van der Waals surface area (Å²) in [7, 11) is -2.49. The van der Waals surface area contributed by atoms with Gasteiger partial charge < -0.3 is 9.64 Å². The molecule has 1 heterocycles. The van der Waals surface area contributed by atoms with Gasteiger partial charge in [0, 0.05) is 13.1 Å². The molecule has 1 saturated heterocycles. The lowest BCUT2D eigenvalue weighted by atomic mass is 10.1. The molecule has 0 saturated carbocycles. The maximum atomic E-state index is 12.3. The molecule has 0 unspecified atom stereocenters. The van der Waals surface area contributed by atoms with Crippen molar-refractivity contribution in [3.8, 4) is 0 Å². The molecular weight excluding hydrogens is 304 g/mol. The smallest absolute Gasteiger partial charge is 0.337 e. The summed E-state index contributed by atoms with van der Waals surface area (Å²) in [4.78, 5) is 13.4. The van der Waals surface area contributed by atoms with Crippen molar-refractivity contribution < 1.29 is 17.9 Å². The van der Waals surface area contributed by atoms with E-state index in [1.54, 1.807) is 6.92 Å².